The van der Waals surface area contributed by atoms with Crippen LogP contribution in [0.3, 0.4) is 0 Å². The normalized spacial score (nSPS) is 25.9. The van der Waals surface area contributed by atoms with Crippen molar-refractivity contribution in [3.8, 4) is 0 Å². The average molecular weight is 1500 g/mol. The summed E-state index contributed by atoms with van der Waals surface area (Å²) >= 11 is 0. The Morgan fingerprint density at radius 1 is 0.333 bits per heavy atom. The second-order valence-corrected chi connectivity index (χ2v) is 31.3. The molecular formula is C86H161NO18. The fourth-order valence-electron chi connectivity index (χ4n) is 14.9. The molecule has 17 unspecified atom stereocenters. The molecule has 0 spiro atoms. The molecule has 0 aromatic rings. The van der Waals surface area contributed by atoms with Crippen molar-refractivity contribution in [2.24, 2.45) is 0 Å². The molecule has 0 aromatic heterocycles. The van der Waals surface area contributed by atoms with Crippen LogP contribution in [-0.2, 0) is 33.2 Å². The monoisotopic (exact) mass is 1500 g/mol. The first-order valence-corrected chi connectivity index (χ1v) is 43.7. The van der Waals surface area contributed by atoms with Crippen molar-refractivity contribution in [3.63, 3.8) is 0 Å². The van der Waals surface area contributed by atoms with Crippen LogP contribution in [0, 0.1) is 0 Å². The van der Waals surface area contributed by atoms with Crippen molar-refractivity contribution in [3.05, 3.63) is 36.5 Å². The number of rotatable bonds is 71. The molecule has 3 fully saturated rings. The number of carbonyl (C=O) groups excluding carboxylic acids is 1. The summed E-state index contributed by atoms with van der Waals surface area (Å²) in [5.74, 6) is -0.281. The molecule has 0 bridgehead atoms. The van der Waals surface area contributed by atoms with Gasteiger partial charge < -0.3 is 89.9 Å². The van der Waals surface area contributed by atoms with Crippen LogP contribution in [0.15, 0.2) is 36.5 Å². The highest BCUT2D eigenvalue weighted by Gasteiger charge is 2.54. The fraction of sp³-hybridized carbons (Fsp3) is 0.919. The molecule has 3 saturated heterocycles. The second kappa shape index (κ2) is 66.6. The molecule has 17 atom stereocenters. The standard InChI is InChI=1S/C86H161NO18/c1-3-5-7-9-11-13-15-17-19-21-23-25-27-29-31-33-34-36-38-40-42-44-46-48-50-52-54-56-58-60-62-64-74(92)87-69(70(91)63-61-59-57-55-53-51-49-47-45-43-41-39-37-35-32-30-28-26-24-22-20-18-16-14-12-10-8-6-4-2)68-100-84-80(98)77(95)82(72(66-89)102-84)105-86-81(99)78(96)83(73(67-90)103-86)104-85-79(97)76(94)75(93)71(65-88)101-85/h45,47,53,55,61,63,69-73,75-86,88-91,93-99H,3-44,46,48-52,54,56-60,62,64-68H2,1-2H3,(H,87,92)/b47-45+,55-53+,63-61+. The summed E-state index contributed by atoms with van der Waals surface area (Å²) < 4.78 is 34.5. The summed E-state index contributed by atoms with van der Waals surface area (Å²) in [6.45, 7) is 1.78. The van der Waals surface area contributed by atoms with Crippen molar-refractivity contribution in [2.75, 3.05) is 26.4 Å². The van der Waals surface area contributed by atoms with E-state index in [1.54, 1.807) is 6.08 Å². The van der Waals surface area contributed by atoms with E-state index >= 15 is 0 Å². The Hall–Kier alpha value is -1.99. The average Bonchev–Trinajstić information content (AvgIpc) is 0.781. The second-order valence-electron chi connectivity index (χ2n) is 31.3. The number of ether oxygens (including phenoxy) is 6. The quantitative estimate of drug-likeness (QED) is 0.0199. The number of aliphatic hydroxyl groups excluding tert-OH is 11. The van der Waals surface area contributed by atoms with Gasteiger partial charge in [-0.15, -0.1) is 0 Å². The van der Waals surface area contributed by atoms with Gasteiger partial charge in [-0.2, -0.15) is 0 Å². The number of carbonyl (C=O) groups is 1. The molecule has 0 saturated carbocycles. The van der Waals surface area contributed by atoms with Gasteiger partial charge in [-0.05, 0) is 44.9 Å². The third kappa shape index (κ3) is 46.0. The van der Waals surface area contributed by atoms with Crippen LogP contribution < -0.4 is 5.32 Å². The maximum Gasteiger partial charge on any atom is 0.220 e. The van der Waals surface area contributed by atoms with Gasteiger partial charge in [0.25, 0.3) is 0 Å². The van der Waals surface area contributed by atoms with E-state index in [0.29, 0.717) is 12.8 Å². The lowest BCUT2D eigenvalue weighted by Gasteiger charge is -2.48. The van der Waals surface area contributed by atoms with Crippen molar-refractivity contribution < 1.29 is 89.4 Å². The van der Waals surface area contributed by atoms with Crippen molar-refractivity contribution >= 4 is 5.91 Å². The van der Waals surface area contributed by atoms with Gasteiger partial charge in [-0.1, -0.05) is 359 Å². The molecule has 618 valence electrons. The van der Waals surface area contributed by atoms with Crippen molar-refractivity contribution in [1.29, 1.82) is 0 Å². The van der Waals surface area contributed by atoms with E-state index in [-0.39, 0.29) is 18.9 Å². The van der Waals surface area contributed by atoms with Crippen LogP contribution in [0.5, 0.6) is 0 Å². The minimum Gasteiger partial charge on any atom is -0.394 e. The van der Waals surface area contributed by atoms with Gasteiger partial charge in [0.05, 0.1) is 38.6 Å². The number of unbranched alkanes of at least 4 members (excludes halogenated alkanes) is 51. The number of hydrogen-bond donors (Lipinski definition) is 12. The SMILES string of the molecule is CCCCCCCCCCCCCCCCCCCCC/C=C/CC/C=C/CC/C=C/C(O)C(COC1OC(CO)C(OC2OC(CO)C(OC3OC(CO)C(O)C(O)C3O)C(O)C2O)C(O)C1O)NC(=O)CCCCCCCCCCCCCCCCCCCCCCCCCCCCCCCCC. The number of hydrogen-bond acceptors (Lipinski definition) is 18. The summed E-state index contributed by atoms with van der Waals surface area (Å²) in [6, 6.07) is -0.997. The topological polar surface area (TPSA) is 307 Å². The fourth-order valence-corrected chi connectivity index (χ4v) is 14.9. The number of allylic oxidation sites excluding steroid dienone is 5. The zero-order chi connectivity index (χ0) is 76.0. The lowest BCUT2D eigenvalue weighted by Crippen LogP contribution is -2.66. The van der Waals surface area contributed by atoms with Gasteiger partial charge >= 0.3 is 0 Å². The van der Waals surface area contributed by atoms with Gasteiger partial charge in [0, 0.05) is 6.42 Å². The largest absolute Gasteiger partial charge is 0.394 e. The lowest BCUT2D eigenvalue weighted by atomic mass is 9.96. The Morgan fingerprint density at radius 3 is 0.952 bits per heavy atom. The van der Waals surface area contributed by atoms with Crippen LogP contribution in [0.1, 0.15) is 373 Å². The molecule has 19 heteroatoms. The highest BCUT2D eigenvalue weighted by atomic mass is 16.8. The Bertz CT molecular complexity index is 2030. The molecule has 105 heavy (non-hydrogen) atoms. The summed E-state index contributed by atoms with van der Waals surface area (Å²) in [4.78, 5) is 13.5. The minimum atomic E-state index is -1.98. The van der Waals surface area contributed by atoms with Gasteiger partial charge in [0.2, 0.25) is 5.91 Å². The first kappa shape index (κ1) is 97.2. The Kier molecular flexibility index (Phi) is 61.7. The summed E-state index contributed by atoms with van der Waals surface area (Å²) in [7, 11) is 0. The molecule has 1 amide bonds. The van der Waals surface area contributed by atoms with Crippen molar-refractivity contribution in [2.45, 2.75) is 478 Å². The molecule has 3 heterocycles. The number of aliphatic hydroxyl groups is 11. The molecular weight excluding hydrogens is 1330 g/mol. The van der Waals surface area contributed by atoms with Gasteiger partial charge in [-0.25, -0.2) is 0 Å². The summed E-state index contributed by atoms with van der Waals surface area (Å²) in [6.07, 6.45) is 57.3. The number of amides is 1. The zero-order valence-corrected chi connectivity index (χ0v) is 66.5. The first-order valence-electron chi connectivity index (χ1n) is 43.7. The maximum absolute atomic E-state index is 13.5. The molecule has 3 aliphatic rings. The van der Waals surface area contributed by atoms with E-state index in [4.69, 9.17) is 28.4 Å². The first-order chi connectivity index (χ1) is 51.3. The maximum atomic E-state index is 13.5. The molecule has 0 radical (unpaired) electrons. The third-order valence-corrected chi connectivity index (χ3v) is 21.9. The predicted molar refractivity (Wildman–Crippen MR) is 420 cm³/mol. The highest BCUT2D eigenvalue weighted by molar-refractivity contribution is 5.76. The minimum absolute atomic E-state index is 0.237. The molecule has 12 N–H and O–H groups in total. The van der Waals surface area contributed by atoms with E-state index in [1.807, 2.05) is 6.08 Å². The van der Waals surface area contributed by atoms with Crippen LogP contribution >= 0.6 is 0 Å². The van der Waals surface area contributed by atoms with Gasteiger partial charge in [0.15, 0.2) is 18.9 Å². The van der Waals surface area contributed by atoms with E-state index in [9.17, 15) is 61.0 Å². The van der Waals surface area contributed by atoms with Crippen LogP contribution in [-0.4, -0.2) is 193 Å². The van der Waals surface area contributed by atoms with Gasteiger partial charge in [0.1, 0.15) is 73.2 Å². The van der Waals surface area contributed by atoms with E-state index in [0.717, 1.165) is 44.9 Å². The highest BCUT2D eigenvalue weighted by Crippen LogP contribution is 2.33. The molecule has 0 aromatic carbocycles. The van der Waals surface area contributed by atoms with Crippen molar-refractivity contribution in [1.82, 2.24) is 5.32 Å². The lowest BCUT2D eigenvalue weighted by molar-refractivity contribution is -0.379. The Balaban J connectivity index is 1.36. The summed E-state index contributed by atoms with van der Waals surface area (Å²) in [5.41, 5.74) is 0. The zero-order valence-electron chi connectivity index (χ0n) is 66.5. The van der Waals surface area contributed by atoms with Crippen LogP contribution in [0.25, 0.3) is 0 Å². The third-order valence-electron chi connectivity index (χ3n) is 21.9. The van der Waals surface area contributed by atoms with E-state index < -0.39 is 124 Å². The summed E-state index contributed by atoms with van der Waals surface area (Å²) in [5, 5.41) is 121. The molecule has 3 aliphatic heterocycles. The smallest absolute Gasteiger partial charge is 0.220 e. The predicted octanol–water partition coefficient (Wildman–Crippen LogP) is 15.9. The van der Waals surface area contributed by atoms with E-state index in [1.165, 1.54) is 295 Å². The molecule has 19 nitrogen and oxygen atoms in total. The van der Waals surface area contributed by atoms with Crippen LogP contribution in [0.2, 0.25) is 0 Å². The molecule has 0 aliphatic carbocycles. The number of nitrogens with one attached hydrogen (secondary N) is 1. The van der Waals surface area contributed by atoms with Gasteiger partial charge in [-0.3, -0.25) is 4.79 Å². The van der Waals surface area contributed by atoms with E-state index in [2.05, 4.69) is 43.5 Å². The Morgan fingerprint density at radius 2 is 0.610 bits per heavy atom. The Labute approximate surface area is 638 Å². The molecule has 3 rings (SSSR count). The van der Waals surface area contributed by atoms with Crippen LogP contribution in [0.4, 0.5) is 0 Å².